The zero-order valence-electron chi connectivity index (χ0n) is 18.5. The van der Waals surface area contributed by atoms with Crippen LogP contribution in [0.5, 0.6) is 0 Å². The van der Waals surface area contributed by atoms with Crippen LogP contribution in [0.15, 0.2) is 35.2 Å². The molecule has 0 aliphatic carbocycles. The third kappa shape index (κ3) is 5.95. The van der Waals surface area contributed by atoms with E-state index >= 15 is 0 Å². The van der Waals surface area contributed by atoms with Crippen LogP contribution in [0.3, 0.4) is 0 Å². The van der Waals surface area contributed by atoms with Crippen molar-refractivity contribution >= 4 is 42.1 Å². The van der Waals surface area contributed by atoms with E-state index < -0.39 is 47.4 Å². The molecule has 1 atom stereocenters. The van der Waals surface area contributed by atoms with Gasteiger partial charge in [-0.1, -0.05) is 19.4 Å². The Bertz CT molecular complexity index is 1050. The molecule has 1 aromatic rings. The lowest BCUT2D eigenvalue weighted by Crippen LogP contribution is -2.57. The number of hydrogen-bond donors (Lipinski definition) is 4. The number of halogens is 4. The maximum absolute atomic E-state index is 14.1. The minimum absolute atomic E-state index is 0. The number of carbonyl (C=O) groups excluding carboxylic acids is 2. The van der Waals surface area contributed by atoms with Gasteiger partial charge in [-0.25, -0.2) is 14.6 Å². The molecule has 192 valence electrons. The van der Waals surface area contributed by atoms with E-state index in [1.54, 1.807) is 0 Å². The van der Waals surface area contributed by atoms with E-state index in [1.165, 1.54) is 6.07 Å². The molecule has 35 heavy (non-hydrogen) atoms. The molecule has 11 nitrogen and oxygen atoms in total. The van der Waals surface area contributed by atoms with E-state index in [1.807, 2.05) is 6.92 Å². The zero-order valence-corrected chi connectivity index (χ0v) is 19.3. The molecule has 2 aliphatic heterocycles. The summed E-state index contributed by atoms with van der Waals surface area (Å²) >= 11 is 0. The second kappa shape index (κ2) is 11.3. The molecule has 5 N–H and O–H groups in total. The minimum Gasteiger partial charge on any atom is -0.449 e. The van der Waals surface area contributed by atoms with E-state index in [0.717, 1.165) is 34.6 Å². The monoisotopic (exact) mass is 520 g/mol. The second-order valence-electron chi connectivity index (χ2n) is 7.34. The lowest BCUT2D eigenvalue weighted by molar-refractivity contribution is -0.137. The summed E-state index contributed by atoms with van der Waals surface area (Å²) in [5.41, 5.74) is 3.84. The SMILES string of the molecule is CCCCNC(=O)c1cccc(C(F)(F)F)c1N1C(N2CCNC2=O)=NC=C(OC(=O)O)C1N.Cl. The first-order valence-corrected chi connectivity index (χ1v) is 10.3. The summed E-state index contributed by atoms with van der Waals surface area (Å²) in [6, 6.07) is 2.35. The Kier molecular flexibility index (Phi) is 8.93. The summed E-state index contributed by atoms with van der Waals surface area (Å²) in [6.07, 6.45) is -6.09. The van der Waals surface area contributed by atoms with E-state index in [4.69, 9.17) is 10.8 Å². The number of guanidine groups is 1. The van der Waals surface area contributed by atoms with Gasteiger partial charge in [0.05, 0.1) is 23.0 Å². The van der Waals surface area contributed by atoms with Crippen LogP contribution in [0.1, 0.15) is 35.7 Å². The third-order valence-electron chi connectivity index (χ3n) is 5.04. The number of nitrogens with one attached hydrogen (secondary N) is 2. The van der Waals surface area contributed by atoms with Gasteiger partial charge in [0, 0.05) is 19.6 Å². The first-order chi connectivity index (χ1) is 16.1. The fraction of sp³-hybridized carbons (Fsp3) is 0.400. The normalized spacial score (nSPS) is 17.7. The number of aliphatic imine (C=N–C) groups is 1. The highest BCUT2D eigenvalue weighted by atomic mass is 35.5. The minimum atomic E-state index is -4.93. The van der Waals surface area contributed by atoms with Crippen LogP contribution in [0, 0.1) is 0 Å². The van der Waals surface area contributed by atoms with E-state index in [-0.39, 0.29) is 43.6 Å². The van der Waals surface area contributed by atoms with Crippen LogP contribution in [-0.4, -0.2) is 59.9 Å². The van der Waals surface area contributed by atoms with Gasteiger partial charge in [0.2, 0.25) is 5.96 Å². The van der Waals surface area contributed by atoms with Crippen LogP contribution in [-0.2, 0) is 10.9 Å². The van der Waals surface area contributed by atoms with Crippen molar-refractivity contribution < 1.29 is 37.4 Å². The van der Waals surface area contributed by atoms with Gasteiger partial charge < -0.3 is 26.2 Å². The second-order valence-corrected chi connectivity index (χ2v) is 7.34. The van der Waals surface area contributed by atoms with Crippen molar-refractivity contribution in [3.63, 3.8) is 0 Å². The number of nitrogens with two attached hydrogens (primary N) is 1. The lowest BCUT2D eigenvalue weighted by Gasteiger charge is -2.38. The van der Waals surface area contributed by atoms with Crippen LogP contribution in [0.2, 0.25) is 0 Å². The van der Waals surface area contributed by atoms with Gasteiger partial charge >= 0.3 is 18.4 Å². The number of carboxylic acid groups (broad SMARTS) is 1. The fourth-order valence-corrected chi connectivity index (χ4v) is 3.49. The number of para-hydroxylation sites is 1. The number of hydrogen-bond acceptors (Lipinski definition) is 7. The number of ether oxygens (including phenoxy) is 1. The number of urea groups is 1. The number of unbranched alkanes of at least 4 members (excludes halogenated alkanes) is 1. The standard InChI is InChI=1S/C20H23F3N6O5.ClH/c1-2-3-7-25-16(30)11-5-4-6-12(20(21,22)23)14(11)29-15(24)13(34-19(32)33)10-27-17(29)28-9-8-26-18(28)31;/h4-6,10,15H,2-3,7-9,24H2,1H3,(H,25,30)(H,26,31)(H,32,33);1H. The Hall–Kier alpha value is -3.52. The van der Waals surface area contributed by atoms with Gasteiger partial charge in [0.25, 0.3) is 5.91 Å². The summed E-state index contributed by atoms with van der Waals surface area (Å²) < 4.78 is 46.9. The fourth-order valence-electron chi connectivity index (χ4n) is 3.49. The van der Waals surface area contributed by atoms with Crippen molar-refractivity contribution in [1.29, 1.82) is 0 Å². The van der Waals surface area contributed by atoms with Gasteiger partial charge in [-0.2, -0.15) is 13.2 Å². The molecule has 1 unspecified atom stereocenters. The van der Waals surface area contributed by atoms with Crippen molar-refractivity contribution in [1.82, 2.24) is 15.5 Å². The predicted molar refractivity (Wildman–Crippen MR) is 121 cm³/mol. The Balaban J connectivity index is 0.00000432. The summed E-state index contributed by atoms with van der Waals surface area (Å²) in [5, 5.41) is 14.1. The lowest BCUT2D eigenvalue weighted by atomic mass is 10.0. The third-order valence-corrected chi connectivity index (χ3v) is 5.04. The highest BCUT2D eigenvalue weighted by Gasteiger charge is 2.43. The summed E-state index contributed by atoms with van der Waals surface area (Å²) in [6.45, 7) is 2.35. The number of rotatable bonds is 6. The summed E-state index contributed by atoms with van der Waals surface area (Å²) in [7, 11) is 0. The van der Waals surface area contributed by atoms with Crippen molar-refractivity contribution in [2.45, 2.75) is 32.1 Å². The maximum Gasteiger partial charge on any atom is 0.511 e. The number of anilines is 1. The first-order valence-electron chi connectivity index (χ1n) is 10.3. The molecule has 1 fully saturated rings. The first kappa shape index (κ1) is 27.7. The summed E-state index contributed by atoms with van der Waals surface area (Å²) in [5.74, 6) is -1.62. The molecule has 0 aromatic heterocycles. The number of nitrogens with zero attached hydrogens (tertiary/aromatic N) is 3. The van der Waals surface area contributed by atoms with E-state index in [2.05, 4.69) is 20.4 Å². The molecule has 1 aromatic carbocycles. The number of benzene rings is 1. The molecular weight excluding hydrogens is 497 g/mol. The molecule has 2 aliphatic rings. The quantitative estimate of drug-likeness (QED) is 0.333. The molecule has 0 radical (unpaired) electrons. The Morgan fingerprint density at radius 3 is 2.66 bits per heavy atom. The molecule has 15 heteroatoms. The maximum atomic E-state index is 14.1. The largest absolute Gasteiger partial charge is 0.511 e. The summed E-state index contributed by atoms with van der Waals surface area (Å²) in [4.78, 5) is 42.1. The Morgan fingerprint density at radius 1 is 1.37 bits per heavy atom. The van der Waals surface area contributed by atoms with Gasteiger partial charge in [-0.05, 0) is 18.6 Å². The topological polar surface area (TPSA) is 150 Å². The van der Waals surface area contributed by atoms with Gasteiger partial charge in [0.15, 0.2) is 5.76 Å². The van der Waals surface area contributed by atoms with Crippen molar-refractivity contribution in [2.75, 3.05) is 24.5 Å². The van der Waals surface area contributed by atoms with Crippen molar-refractivity contribution in [3.05, 3.63) is 41.3 Å². The molecule has 0 bridgehead atoms. The average Bonchev–Trinajstić information content (AvgIpc) is 3.19. The van der Waals surface area contributed by atoms with E-state index in [9.17, 15) is 27.6 Å². The molecule has 0 spiro atoms. The number of amides is 3. The van der Waals surface area contributed by atoms with Crippen LogP contribution in [0.4, 0.5) is 28.4 Å². The molecule has 3 amide bonds. The molecule has 3 rings (SSSR count). The number of carbonyl (C=O) groups is 3. The Morgan fingerprint density at radius 2 is 2.09 bits per heavy atom. The Labute approximate surface area is 204 Å². The molecule has 2 heterocycles. The van der Waals surface area contributed by atoms with Gasteiger partial charge in [-0.15, -0.1) is 12.4 Å². The molecule has 0 saturated carbocycles. The van der Waals surface area contributed by atoms with Crippen molar-refractivity contribution in [3.8, 4) is 0 Å². The molecular formula is C20H24ClF3N6O5. The van der Waals surface area contributed by atoms with Crippen LogP contribution in [0.25, 0.3) is 0 Å². The van der Waals surface area contributed by atoms with Gasteiger partial charge in [-0.3, -0.25) is 14.6 Å². The highest BCUT2D eigenvalue weighted by Crippen LogP contribution is 2.41. The van der Waals surface area contributed by atoms with Crippen LogP contribution < -0.4 is 21.3 Å². The highest BCUT2D eigenvalue weighted by molar-refractivity contribution is 6.11. The zero-order chi connectivity index (χ0) is 25.0. The average molecular weight is 521 g/mol. The van der Waals surface area contributed by atoms with Crippen molar-refractivity contribution in [2.24, 2.45) is 10.7 Å². The smallest absolute Gasteiger partial charge is 0.449 e. The molecule has 1 saturated heterocycles. The van der Waals surface area contributed by atoms with E-state index in [0.29, 0.717) is 6.42 Å². The van der Waals surface area contributed by atoms with Gasteiger partial charge in [0.1, 0.15) is 6.17 Å². The van der Waals surface area contributed by atoms with Crippen LogP contribution >= 0.6 is 12.4 Å². The number of alkyl halides is 3. The predicted octanol–water partition coefficient (Wildman–Crippen LogP) is 2.68.